The molecular weight excluding hydrogens is 486 g/mol. The maximum atomic E-state index is 11.5. The molecule has 0 heterocycles. The van der Waals surface area contributed by atoms with Crippen molar-refractivity contribution in [2.24, 2.45) is 0 Å². The lowest BCUT2D eigenvalue weighted by molar-refractivity contribution is 0.0693. The SMILES string of the molecule is CC(C)Sc1cc(-c2ccc(OCCN[C@@H](C)[C@H](O)c3ccc(O)cc3)cc2)ccc1C(=O)O.Cl. The average Bonchev–Trinajstić information content (AvgIpc) is 2.81. The van der Waals surface area contributed by atoms with Crippen molar-refractivity contribution in [3.8, 4) is 22.6 Å². The van der Waals surface area contributed by atoms with E-state index in [2.05, 4.69) is 5.32 Å². The molecule has 0 aromatic heterocycles. The molecule has 0 aliphatic heterocycles. The number of phenols is 1. The van der Waals surface area contributed by atoms with E-state index in [1.807, 2.05) is 57.2 Å². The largest absolute Gasteiger partial charge is 0.508 e. The molecule has 0 spiro atoms. The van der Waals surface area contributed by atoms with Crippen LogP contribution in [0.5, 0.6) is 11.5 Å². The molecule has 0 radical (unpaired) electrons. The van der Waals surface area contributed by atoms with Crippen molar-refractivity contribution in [3.63, 3.8) is 0 Å². The molecule has 0 fully saturated rings. The van der Waals surface area contributed by atoms with E-state index in [0.717, 1.165) is 27.3 Å². The minimum atomic E-state index is -0.919. The predicted octanol–water partition coefficient (Wildman–Crippen LogP) is 5.77. The molecule has 188 valence electrons. The summed E-state index contributed by atoms with van der Waals surface area (Å²) in [5.74, 6) is -0.0173. The van der Waals surface area contributed by atoms with Crippen molar-refractivity contribution in [3.05, 3.63) is 77.9 Å². The zero-order valence-corrected chi connectivity index (χ0v) is 21.6. The summed E-state index contributed by atoms with van der Waals surface area (Å²) in [6, 6.07) is 19.5. The van der Waals surface area contributed by atoms with Crippen LogP contribution in [0.15, 0.2) is 71.6 Å². The Morgan fingerprint density at radius 3 is 2.20 bits per heavy atom. The molecule has 8 heteroatoms. The van der Waals surface area contributed by atoms with Crippen LogP contribution in [-0.2, 0) is 0 Å². The van der Waals surface area contributed by atoms with Gasteiger partial charge in [-0.05, 0) is 60.0 Å². The summed E-state index contributed by atoms with van der Waals surface area (Å²) in [4.78, 5) is 12.3. The normalized spacial score (nSPS) is 12.6. The second kappa shape index (κ2) is 13.4. The Bertz CT molecular complexity index is 1090. The van der Waals surface area contributed by atoms with Gasteiger partial charge in [-0.2, -0.15) is 0 Å². The molecule has 0 bridgehead atoms. The number of phenolic OH excluding ortho intramolecular Hbond substituents is 1. The van der Waals surface area contributed by atoms with Crippen LogP contribution >= 0.6 is 24.2 Å². The molecule has 0 amide bonds. The molecule has 6 nitrogen and oxygen atoms in total. The third kappa shape index (κ3) is 8.18. The first-order chi connectivity index (χ1) is 16.2. The number of carboxylic acid groups (broad SMARTS) is 1. The number of hydrogen-bond donors (Lipinski definition) is 4. The summed E-state index contributed by atoms with van der Waals surface area (Å²) < 4.78 is 5.82. The lowest BCUT2D eigenvalue weighted by Gasteiger charge is -2.21. The smallest absolute Gasteiger partial charge is 0.336 e. The van der Waals surface area contributed by atoms with Gasteiger partial charge in [0.25, 0.3) is 0 Å². The molecule has 3 aromatic rings. The van der Waals surface area contributed by atoms with E-state index >= 15 is 0 Å². The fraction of sp³-hybridized carbons (Fsp3) is 0.296. The van der Waals surface area contributed by atoms with Crippen LogP contribution in [0.1, 0.15) is 42.8 Å². The van der Waals surface area contributed by atoms with Crippen LogP contribution in [0.25, 0.3) is 11.1 Å². The minimum Gasteiger partial charge on any atom is -0.508 e. The van der Waals surface area contributed by atoms with Gasteiger partial charge in [-0.15, -0.1) is 24.2 Å². The first-order valence-electron chi connectivity index (χ1n) is 11.2. The van der Waals surface area contributed by atoms with Crippen molar-refractivity contribution >= 4 is 30.1 Å². The van der Waals surface area contributed by atoms with Gasteiger partial charge in [-0.3, -0.25) is 0 Å². The van der Waals surface area contributed by atoms with Crippen molar-refractivity contribution in [2.45, 2.75) is 43.1 Å². The maximum absolute atomic E-state index is 11.5. The number of ether oxygens (including phenoxy) is 1. The number of aromatic hydroxyl groups is 1. The van der Waals surface area contributed by atoms with E-state index in [-0.39, 0.29) is 29.4 Å². The molecule has 2 atom stereocenters. The Hall–Kier alpha value is -2.71. The first-order valence-corrected chi connectivity index (χ1v) is 12.1. The maximum Gasteiger partial charge on any atom is 0.336 e. The Kier molecular flexibility index (Phi) is 10.9. The van der Waals surface area contributed by atoms with Crippen LogP contribution < -0.4 is 10.1 Å². The van der Waals surface area contributed by atoms with Crippen LogP contribution in [0.3, 0.4) is 0 Å². The number of benzene rings is 3. The number of aliphatic hydroxyl groups excluding tert-OH is 1. The van der Waals surface area contributed by atoms with E-state index in [4.69, 9.17) is 4.74 Å². The summed E-state index contributed by atoms with van der Waals surface area (Å²) in [7, 11) is 0. The highest BCUT2D eigenvalue weighted by Crippen LogP contribution is 2.32. The monoisotopic (exact) mass is 517 g/mol. The van der Waals surface area contributed by atoms with E-state index < -0.39 is 12.1 Å². The highest BCUT2D eigenvalue weighted by atomic mass is 35.5. The van der Waals surface area contributed by atoms with Crippen LogP contribution in [0.2, 0.25) is 0 Å². The quantitative estimate of drug-likeness (QED) is 0.189. The summed E-state index contributed by atoms with van der Waals surface area (Å²) in [6.45, 7) is 6.98. The lowest BCUT2D eigenvalue weighted by atomic mass is 10.0. The van der Waals surface area contributed by atoms with E-state index in [0.29, 0.717) is 18.7 Å². The highest BCUT2D eigenvalue weighted by Gasteiger charge is 2.16. The van der Waals surface area contributed by atoms with E-state index in [1.54, 1.807) is 42.1 Å². The Morgan fingerprint density at radius 2 is 1.60 bits per heavy atom. The van der Waals surface area contributed by atoms with Gasteiger partial charge >= 0.3 is 5.97 Å². The molecule has 0 saturated carbocycles. The Morgan fingerprint density at radius 1 is 0.971 bits per heavy atom. The first kappa shape index (κ1) is 28.5. The standard InChI is InChI=1S/C27H31NO5S.ClH/c1-17(2)34-25-16-21(8-13-24(25)27(31)32)19-6-11-23(12-7-19)33-15-14-28-18(3)26(30)20-4-9-22(29)10-5-20;/h4-13,16-18,26,28-30H,14-15H2,1-3H3,(H,31,32);1H/t18-,26-;/m0./s1. The summed E-state index contributed by atoms with van der Waals surface area (Å²) >= 11 is 1.54. The van der Waals surface area contributed by atoms with Crippen LogP contribution in [0, 0.1) is 0 Å². The molecule has 0 unspecified atom stereocenters. The Labute approximate surface area is 216 Å². The van der Waals surface area contributed by atoms with Gasteiger partial charge in [0, 0.05) is 22.7 Å². The van der Waals surface area contributed by atoms with Gasteiger partial charge in [0.2, 0.25) is 0 Å². The topological polar surface area (TPSA) is 99.0 Å². The van der Waals surface area contributed by atoms with Gasteiger partial charge in [0.15, 0.2) is 0 Å². The number of aromatic carboxylic acids is 1. The summed E-state index contributed by atoms with van der Waals surface area (Å²) in [5.41, 5.74) is 3.00. The fourth-order valence-electron chi connectivity index (χ4n) is 3.50. The number of hydrogen-bond acceptors (Lipinski definition) is 6. The zero-order chi connectivity index (χ0) is 24.7. The molecular formula is C27H32ClNO5S. The number of thioether (sulfide) groups is 1. The lowest BCUT2D eigenvalue weighted by Crippen LogP contribution is -2.35. The van der Waals surface area contributed by atoms with E-state index in [9.17, 15) is 20.1 Å². The van der Waals surface area contributed by atoms with Crippen molar-refractivity contribution in [2.75, 3.05) is 13.2 Å². The number of aliphatic hydroxyl groups is 1. The number of carbonyl (C=O) groups is 1. The molecule has 0 saturated heterocycles. The summed E-state index contributed by atoms with van der Waals surface area (Å²) in [6.07, 6.45) is -0.689. The average molecular weight is 518 g/mol. The van der Waals surface area contributed by atoms with E-state index in [1.165, 1.54) is 0 Å². The number of halogens is 1. The number of carboxylic acids is 1. The molecule has 3 aromatic carbocycles. The zero-order valence-electron chi connectivity index (χ0n) is 20.0. The second-order valence-electron chi connectivity index (χ2n) is 8.33. The summed E-state index contributed by atoms with van der Waals surface area (Å²) in [5, 5.41) is 32.8. The van der Waals surface area contributed by atoms with Gasteiger partial charge in [-0.1, -0.05) is 44.2 Å². The number of rotatable bonds is 11. The molecule has 0 aliphatic carbocycles. The van der Waals surface area contributed by atoms with Crippen molar-refractivity contribution < 1.29 is 24.9 Å². The molecule has 35 heavy (non-hydrogen) atoms. The Balaban J connectivity index is 0.00000432. The fourth-order valence-corrected chi connectivity index (χ4v) is 4.49. The van der Waals surface area contributed by atoms with Gasteiger partial charge in [0.1, 0.15) is 18.1 Å². The molecule has 3 rings (SSSR count). The van der Waals surface area contributed by atoms with Crippen LogP contribution in [-0.4, -0.2) is 45.7 Å². The highest BCUT2D eigenvalue weighted by molar-refractivity contribution is 8.00. The van der Waals surface area contributed by atoms with Gasteiger partial charge < -0.3 is 25.4 Å². The third-order valence-electron chi connectivity index (χ3n) is 5.31. The third-order valence-corrected chi connectivity index (χ3v) is 6.37. The molecule has 4 N–H and O–H groups in total. The second-order valence-corrected chi connectivity index (χ2v) is 9.95. The van der Waals surface area contributed by atoms with Crippen molar-refractivity contribution in [1.82, 2.24) is 5.32 Å². The molecule has 0 aliphatic rings. The number of nitrogens with one attached hydrogen (secondary N) is 1. The van der Waals surface area contributed by atoms with Gasteiger partial charge in [-0.25, -0.2) is 4.79 Å². The van der Waals surface area contributed by atoms with Gasteiger partial charge in [0.05, 0.1) is 11.7 Å². The minimum absolute atomic E-state index is 0. The predicted molar refractivity (Wildman–Crippen MR) is 143 cm³/mol. The van der Waals surface area contributed by atoms with Crippen LogP contribution in [0.4, 0.5) is 0 Å². The van der Waals surface area contributed by atoms with Crippen molar-refractivity contribution in [1.29, 1.82) is 0 Å².